The van der Waals surface area contributed by atoms with E-state index in [4.69, 9.17) is 0 Å². The number of benzene rings is 1. The van der Waals surface area contributed by atoms with Crippen LogP contribution >= 0.6 is 15.9 Å². The molecule has 2 rings (SSSR count). The van der Waals surface area contributed by atoms with Crippen molar-refractivity contribution in [1.82, 2.24) is 9.80 Å². The van der Waals surface area contributed by atoms with E-state index in [0.29, 0.717) is 12.1 Å². The summed E-state index contributed by atoms with van der Waals surface area (Å²) in [6.07, 6.45) is 2.10. The Hall–Kier alpha value is -0.870. The molecule has 0 saturated carbocycles. The number of amides is 1. The van der Waals surface area contributed by atoms with E-state index in [-0.39, 0.29) is 5.91 Å². The van der Waals surface area contributed by atoms with Crippen LogP contribution in [0.3, 0.4) is 0 Å². The molecule has 1 fully saturated rings. The number of rotatable bonds is 2. The summed E-state index contributed by atoms with van der Waals surface area (Å²) in [7, 11) is 4.08. The molecule has 3 nitrogen and oxygen atoms in total. The largest absolute Gasteiger partial charge is 0.339 e. The highest BCUT2D eigenvalue weighted by Crippen LogP contribution is 2.22. The van der Waals surface area contributed by atoms with Gasteiger partial charge in [-0.05, 0) is 57.5 Å². The maximum Gasteiger partial charge on any atom is 0.253 e. The second kappa shape index (κ2) is 6.27. The van der Waals surface area contributed by atoms with E-state index in [9.17, 15) is 4.79 Å². The Morgan fingerprint density at radius 2 is 2.10 bits per heavy atom. The van der Waals surface area contributed by atoms with E-state index in [0.717, 1.165) is 35.0 Å². The van der Waals surface area contributed by atoms with E-state index < -0.39 is 0 Å². The van der Waals surface area contributed by atoms with Crippen LogP contribution in [0, 0.1) is 6.92 Å². The highest BCUT2D eigenvalue weighted by molar-refractivity contribution is 9.10. The number of piperidine rings is 1. The van der Waals surface area contributed by atoms with E-state index in [1.165, 1.54) is 0 Å². The van der Waals surface area contributed by atoms with Crippen molar-refractivity contribution in [3.05, 3.63) is 33.8 Å². The summed E-state index contributed by atoms with van der Waals surface area (Å²) in [5.74, 6) is 0.121. The number of aryl methyl sites for hydroxylation is 1. The van der Waals surface area contributed by atoms with Gasteiger partial charge in [-0.25, -0.2) is 0 Å². The van der Waals surface area contributed by atoms with Gasteiger partial charge in [-0.15, -0.1) is 0 Å². The molecular formula is C16H23BrN2O. The summed E-state index contributed by atoms with van der Waals surface area (Å²) in [6.45, 7) is 5.30. The highest BCUT2D eigenvalue weighted by atomic mass is 79.9. The van der Waals surface area contributed by atoms with Gasteiger partial charge in [0.15, 0.2) is 0 Å². The van der Waals surface area contributed by atoms with E-state index in [1.807, 2.05) is 37.1 Å². The molecule has 1 aliphatic rings. The van der Waals surface area contributed by atoms with Crippen molar-refractivity contribution in [3.63, 3.8) is 0 Å². The summed E-state index contributed by atoms with van der Waals surface area (Å²) >= 11 is 3.47. The lowest BCUT2D eigenvalue weighted by atomic mass is 9.97. The third-order valence-electron chi connectivity index (χ3n) is 4.34. The summed E-state index contributed by atoms with van der Waals surface area (Å²) in [6, 6.07) is 6.77. The van der Waals surface area contributed by atoms with Gasteiger partial charge in [0, 0.05) is 35.7 Å². The Balaban J connectivity index is 2.12. The topological polar surface area (TPSA) is 23.6 Å². The minimum absolute atomic E-state index is 0.121. The van der Waals surface area contributed by atoms with Crippen LogP contribution in [0.2, 0.25) is 0 Å². The van der Waals surface area contributed by atoms with Crippen LogP contribution in [-0.2, 0) is 0 Å². The van der Waals surface area contributed by atoms with Crippen molar-refractivity contribution >= 4 is 21.8 Å². The molecule has 0 aliphatic carbocycles. The van der Waals surface area contributed by atoms with Crippen molar-refractivity contribution in [2.75, 3.05) is 20.6 Å². The second-order valence-corrected chi connectivity index (χ2v) is 6.86. The molecule has 1 heterocycles. The lowest BCUT2D eigenvalue weighted by molar-refractivity contribution is 0.0598. The van der Waals surface area contributed by atoms with Crippen molar-refractivity contribution in [3.8, 4) is 0 Å². The maximum atomic E-state index is 12.6. The minimum Gasteiger partial charge on any atom is -0.339 e. The number of likely N-dealkylation sites (tertiary alicyclic amines) is 1. The standard InChI is InChI=1S/C16H23BrN2O/c1-11-7-13(10-14(17)8-11)16(20)19(4)15-5-6-18(3)12(2)9-15/h7-8,10,12,15H,5-6,9H2,1-4H3/t12-,15+/m1/s1. The van der Waals surface area contributed by atoms with Crippen LogP contribution < -0.4 is 0 Å². The molecule has 1 aliphatic heterocycles. The van der Waals surface area contributed by atoms with Gasteiger partial charge in [0.1, 0.15) is 0 Å². The number of hydrogen-bond donors (Lipinski definition) is 0. The van der Waals surface area contributed by atoms with Gasteiger partial charge in [-0.3, -0.25) is 4.79 Å². The van der Waals surface area contributed by atoms with Gasteiger partial charge >= 0.3 is 0 Å². The van der Waals surface area contributed by atoms with Crippen molar-refractivity contribution < 1.29 is 4.79 Å². The van der Waals surface area contributed by atoms with Gasteiger partial charge in [0.05, 0.1) is 0 Å². The molecule has 1 aromatic rings. The van der Waals surface area contributed by atoms with Crippen molar-refractivity contribution in [2.24, 2.45) is 0 Å². The molecule has 1 aromatic carbocycles. The fourth-order valence-corrected chi connectivity index (χ4v) is 3.45. The molecule has 0 unspecified atom stereocenters. The Morgan fingerprint density at radius 1 is 1.40 bits per heavy atom. The number of hydrogen-bond acceptors (Lipinski definition) is 2. The molecule has 1 amide bonds. The Bertz CT molecular complexity index is 483. The monoisotopic (exact) mass is 338 g/mol. The van der Waals surface area contributed by atoms with Crippen LogP contribution in [0.1, 0.15) is 35.7 Å². The Labute approximate surface area is 130 Å². The lowest BCUT2D eigenvalue weighted by Gasteiger charge is -2.39. The molecule has 4 heteroatoms. The van der Waals surface area contributed by atoms with Crippen LogP contribution in [0.25, 0.3) is 0 Å². The SMILES string of the molecule is Cc1cc(Br)cc(C(=O)N(C)[C@H]2CCN(C)[C@H](C)C2)c1. The first-order chi connectivity index (χ1) is 9.38. The first-order valence-corrected chi connectivity index (χ1v) is 7.92. The van der Waals surface area contributed by atoms with Crippen molar-refractivity contribution in [2.45, 2.75) is 38.8 Å². The molecule has 0 spiro atoms. The summed E-state index contributed by atoms with van der Waals surface area (Å²) < 4.78 is 0.964. The summed E-state index contributed by atoms with van der Waals surface area (Å²) in [4.78, 5) is 16.9. The zero-order chi connectivity index (χ0) is 14.9. The quantitative estimate of drug-likeness (QED) is 0.825. The fourth-order valence-electron chi connectivity index (χ4n) is 2.85. The molecule has 0 aromatic heterocycles. The number of carbonyl (C=O) groups excluding carboxylic acids is 1. The Morgan fingerprint density at radius 3 is 2.70 bits per heavy atom. The van der Waals surface area contributed by atoms with Gasteiger partial charge < -0.3 is 9.80 Å². The molecule has 20 heavy (non-hydrogen) atoms. The van der Waals surface area contributed by atoms with E-state index in [1.54, 1.807) is 0 Å². The van der Waals surface area contributed by atoms with Gasteiger partial charge in [-0.1, -0.05) is 15.9 Å². The van der Waals surface area contributed by atoms with Crippen LogP contribution in [-0.4, -0.2) is 48.4 Å². The van der Waals surface area contributed by atoms with Gasteiger partial charge in [0.2, 0.25) is 0 Å². The second-order valence-electron chi connectivity index (χ2n) is 5.94. The lowest BCUT2D eigenvalue weighted by Crippen LogP contribution is -2.48. The smallest absolute Gasteiger partial charge is 0.253 e. The third-order valence-corrected chi connectivity index (χ3v) is 4.80. The number of nitrogens with zero attached hydrogens (tertiary/aromatic N) is 2. The van der Waals surface area contributed by atoms with E-state index in [2.05, 4.69) is 34.8 Å². The number of carbonyl (C=O) groups is 1. The maximum absolute atomic E-state index is 12.6. The highest BCUT2D eigenvalue weighted by Gasteiger charge is 2.28. The molecule has 0 N–H and O–H groups in total. The Kier molecular flexibility index (Phi) is 4.86. The zero-order valence-electron chi connectivity index (χ0n) is 12.7. The molecule has 0 radical (unpaired) electrons. The van der Waals surface area contributed by atoms with Crippen molar-refractivity contribution in [1.29, 1.82) is 0 Å². The van der Waals surface area contributed by atoms with E-state index >= 15 is 0 Å². The predicted molar refractivity (Wildman–Crippen MR) is 86.1 cm³/mol. The van der Waals surface area contributed by atoms with Crippen LogP contribution in [0.5, 0.6) is 0 Å². The zero-order valence-corrected chi connectivity index (χ0v) is 14.3. The molecular weight excluding hydrogens is 316 g/mol. The minimum atomic E-state index is 0.121. The van der Waals surface area contributed by atoms with Gasteiger partial charge in [0.25, 0.3) is 5.91 Å². The van der Waals surface area contributed by atoms with Crippen LogP contribution in [0.4, 0.5) is 0 Å². The normalized spacial score (nSPS) is 23.6. The summed E-state index contributed by atoms with van der Waals surface area (Å²) in [5, 5.41) is 0. The average molecular weight is 339 g/mol. The average Bonchev–Trinajstić information content (AvgIpc) is 2.39. The molecule has 110 valence electrons. The summed E-state index contributed by atoms with van der Waals surface area (Å²) in [5.41, 5.74) is 1.87. The number of halogens is 1. The molecule has 2 atom stereocenters. The third kappa shape index (κ3) is 3.41. The fraction of sp³-hybridized carbons (Fsp3) is 0.562. The molecule has 0 bridgehead atoms. The first kappa shape index (κ1) is 15.5. The predicted octanol–water partition coefficient (Wildman–Crippen LogP) is 3.31. The van der Waals surface area contributed by atoms with Crippen LogP contribution in [0.15, 0.2) is 22.7 Å². The van der Waals surface area contributed by atoms with Gasteiger partial charge in [-0.2, -0.15) is 0 Å². The first-order valence-electron chi connectivity index (χ1n) is 7.13. The molecule has 1 saturated heterocycles.